The molecular weight excluding hydrogens is 913 g/mol. The Labute approximate surface area is 462 Å². The summed E-state index contributed by atoms with van der Waals surface area (Å²) in [6, 6.07) is 0. The van der Waals surface area contributed by atoms with Gasteiger partial charge in [-0.3, -0.25) is 14.4 Å². The highest BCUT2D eigenvalue weighted by molar-refractivity contribution is 5.71. The van der Waals surface area contributed by atoms with Gasteiger partial charge >= 0.3 is 17.9 Å². The van der Waals surface area contributed by atoms with Gasteiger partial charge in [-0.2, -0.15) is 0 Å². The molecule has 0 aliphatic rings. The van der Waals surface area contributed by atoms with Crippen LogP contribution in [-0.4, -0.2) is 37.2 Å². The SMILES string of the molecule is CCCCCCC/C=C\CCCCCCCC(=O)OCC(COC(=O)CCCCCCCCCCCCC/C=C\CCCCCCCCCC)OC(=O)CCCCCCCCCCCCCCCCCCCCC. The van der Waals surface area contributed by atoms with E-state index in [9.17, 15) is 14.4 Å². The summed E-state index contributed by atoms with van der Waals surface area (Å²) in [7, 11) is 0. The Balaban J connectivity index is 4.27. The first kappa shape index (κ1) is 71.9. The van der Waals surface area contributed by atoms with E-state index >= 15 is 0 Å². The molecule has 0 aliphatic carbocycles. The first-order valence-electron chi connectivity index (χ1n) is 33.3. The molecule has 0 aromatic rings. The molecule has 74 heavy (non-hydrogen) atoms. The van der Waals surface area contributed by atoms with Crippen molar-refractivity contribution in [3.05, 3.63) is 24.3 Å². The lowest BCUT2D eigenvalue weighted by atomic mass is 10.0. The number of hydrogen-bond donors (Lipinski definition) is 0. The molecule has 0 saturated carbocycles. The summed E-state index contributed by atoms with van der Waals surface area (Å²) in [6.07, 6.45) is 76.2. The van der Waals surface area contributed by atoms with Crippen LogP contribution in [0.3, 0.4) is 0 Å². The maximum Gasteiger partial charge on any atom is 0.306 e. The maximum absolute atomic E-state index is 12.9. The summed E-state index contributed by atoms with van der Waals surface area (Å²) in [4.78, 5) is 38.3. The Morgan fingerprint density at radius 2 is 0.446 bits per heavy atom. The van der Waals surface area contributed by atoms with Crippen molar-refractivity contribution < 1.29 is 28.6 Å². The quantitative estimate of drug-likeness (QED) is 0.0261. The van der Waals surface area contributed by atoms with E-state index in [1.807, 2.05) is 0 Å². The van der Waals surface area contributed by atoms with Crippen LogP contribution in [-0.2, 0) is 28.6 Å². The van der Waals surface area contributed by atoms with E-state index in [0.29, 0.717) is 19.3 Å². The van der Waals surface area contributed by atoms with Gasteiger partial charge in [0.1, 0.15) is 13.2 Å². The van der Waals surface area contributed by atoms with Crippen LogP contribution in [0.5, 0.6) is 0 Å². The molecule has 1 atom stereocenters. The molecule has 0 spiro atoms. The van der Waals surface area contributed by atoms with Crippen LogP contribution in [0.15, 0.2) is 24.3 Å². The molecule has 0 saturated heterocycles. The maximum atomic E-state index is 12.9. The van der Waals surface area contributed by atoms with E-state index in [4.69, 9.17) is 14.2 Å². The van der Waals surface area contributed by atoms with E-state index in [2.05, 4.69) is 45.1 Å². The minimum atomic E-state index is -0.772. The van der Waals surface area contributed by atoms with E-state index in [0.717, 1.165) is 64.2 Å². The molecule has 0 rings (SSSR count). The zero-order valence-corrected chi connectivity index (χ0v) is 50.1. The third-order valence-electron chi connectivity index (χ3n) is 15.2. The van der Waals surface area contributed by atoms with Crippen molar-refractivity contribution in [1.29, 1.82) is 0 Å². The van der Waals surface area contributed by atoms with E-state index in [1.165, 1.54) is 270 Å². The van der Waals surface area contributed by atoms with Crippen molar-refractivity contribution in [1.82, 2.24) is 0 Å². The van der Waals surface area contributed by atoms with Crippen molar-refractivity contribution in [2.75, 3.05) is 13.2 Å². The monoisotopic (exact) mass is 1040 g/mol. The number of rotatable bonds is 62. The summed E-state index contributed by atoms with van der Waals surface area (Å²) < 4.78 is 17.0. The average molecular weight is 1040 g/mol. The number of carbonyl (C=O) groups excluding carboxylic acids is 3. The molecule has 0 radical (unpaired) electrons. The van der Waals surface area contributed by atoms with Crippen LogP contribution < -0.4 is 0 Å². The fourth-order valence-corrected chi connectivity index (χ4v) is 10.1. The summed E-state index contributed by atoms with van der Waals surface area (Å²) >= 11 is 0. The van der Waals surface area contributed by atoms with Crippen LogP contribution in [0.2, 0.25) is 0 Å². The normalized spacial score (nSPS) is 12.1. The molecule has 0 aromatic carbocycles. The molecule has 6 nitrogen and oxygen atoms in total. The summed E-state index contributed by atoms with van der Waals surface area (Å²) in [5, 5.41) is 0. The third kappa shape index (κ3) is 60.8. The fourth-order valence-electron chi connectivity index (χ4n) is 10.1. The van der Waals surface area contributed by atoms with Crippen LogP contribution in [0.4, 0.5) is 0 Å². The van der Waals surface area contributed by atoms with E-state index in [-0.39, 0.29) is 31.1 Å². The lowest BCUT2D eigenvalue weighted by Crippen LogP contribution is -2.30. The van der Waals surface area contributed by atoms with Crippen LogP contribution >= 0.6 is 0 Å². The van der Waals surface area contributed by atoms with Gasteiger partial charge in [0.15, 0.2) is 6.10 Å². The van der Waals surface area contributed by atoms with Crippen molar-refractivity contribution in [3.63, 3.8) is 0 Å². The predicted molar refractivity (Wildman–Crippen MR) is 321 cm³/mol. The minimum absolute atomic E-state index is 0.0690. The largest absolute Gasteiger partial charge is 0.462 e. The second-order valence-electron chi connectivity index (χ2n) is 22.7. The number of carbonyl (C=O) groups is 3. The molecule has 0 fully saturated rings. The standard InChI is InChI=1S/C68H128O6/c1-4-7-10-13-16-19-22-25-28-30-32-33-34-35-37-38-40-43-46-49-52-55-58-61-67(70)73-64-65(63-72-66(69)60-57-54-51-48-45-42-27-24-21-18-15-12-9-6-3)74-68(71)62-59-56-53-50-47-44-41-39-36-31-29-26-23-20-17-14-11-8-5-2/h24,27,30,32,65H,4-23,25-26,28-29,31,33-64H2,1-3H3/b27-24-,32-30-. The van der Waals surface area contributed by atoms with Gasteiger partial charge in [-0.1, -0.05) is 308 Å². The molecule has 0 N–H and O–H groups in total. The highest BCUT2D eigenvalue weighted by Gasteiger charge is 2.19. The number of esters is 3. The zero-order chi connectivity index (χ0) is 53.6. The number of hydrogen-bond acceptors (Lipinski definition) is 6. The molecule has 0 heterocycles. The van der Waals surface area contributed by atoms with Crippen molar-refractivity contribution >= 4 is 17.9 Å². The molecule has 436 valence electrons. The summed E-state index contributed by atoms with van der Waals surface area (Å²) in [5.74, 6) is -0.850. The highest BCUT2D eigenvalue weighted by Crippen LogP contribution is 2.18. The summed E-state index contributed by atoms with van der Waals surface area (Å²) in [6.45, 7) is 6.70. The number of unbranched alkanes of at least 4 members (excludes halogenated alkanes) is 47. The zero-order valence-electron chi connectivity index (χ0n) is 50.1. The number of allylic oxidation sites excluding steroid dienone is 4. The van der Waals surface area contributed by atoms with Gasteiger partial charge in [0.2, 0.25) is 0 Å². The van der Waals surface area contributed by atoms with Crippen LogP contribution in [0.1, 0.15) is 374 Å². The van der Waals surface area contributed by atoms with Crippen molar-refractivity contribution in [3.8, 4) is 0 Å². The lowest BCUT2D eigenvalue weighted by Gasteiger charge is -2.18. The van der Waals surface area contributed by atoms with Crippen LogP contribution in [0.25, 0.3) is 0 Å². The predicted octanol–water partition coefficient (Wildman–Crippen LogP) is 22.6. The van der Waals surface area contributed by atoms with Crippen molar-refractivity contribution in [2.45, 2.75) is 380 Å². The Morgan fingerprint density at radius 3 is 0.676 bits per heavy atom. The third-order valence-corrected chi connectivity index (χ3v) is 15.2. The second kappa shape index (κ2) is 63.4. The fraction of sp³-hybridized carbons (Fsp3) is 0.897. The molecule has 0 bridgehead atoms. The van der Waals surface area contributed by atoms with Gasteiger partial charge in [0, 0.05) is 19.3 Å². The first-order chi connectivity index (χ1) is 36.5. The van der Waals surface area contributed by atoms with Gasteiger partial charge in [0.05, 0.1) is 0 Å². The Hall–Kier alpha value is -2.11. The summed E-state index contributed by atoms with van der Waals surface area (Å²) in [5.41, 5.74) is 0. The smallest absolute Gasteiger partial charge is 0.306 e. The Morgan fingerprint density at radius 1 is 0.257 bits per heavy atom. The average Bonchev–Trinajstić information content (AvgIpc) is 3.40. The van der Waals surface area contributed by atoms with Gasteiger partial charge in [-0.05, 0) is 70.6 Å². The van der Waals surface area contributed by atoms with Gasteiger partial charge < -0.3 is 14.2 Å². The lowest BCUT2D eigenvalue weighted by molar-refractivity contribution is -0.167. The molecular formula is C68H128O6. The Kier molecular flexibility index (Phi) is 61.6. The van der Waals surface area contributed by atoms with E-state index in [1.54, 1.807) is 0 Å². The van der Waals surface area contributed by atoms with Gasteiger partial charge in [-0.25, -0.2) is 0 Å². The molecule has 0 aromatic heterocycles. The van der Waals surface area contributed by atoms with Gasteiger partial charge in [0.25, 0.3) is 0 Å². The molecule has 1 unspecified atom stereocenters. The molecule has 0 aliphatic heterocycles. The van der Waals surface area contributed by atoms with Gasteiger partial charge in [-0.15, -0.1) is 0 Å². The van der Waals surface area contributed by atoms with Crippen molar-refractivity contribution in [2.24, 2.45) is 0 Å². The van der Waals surface area contributed by atoms with E-state index < -0.39 is 6.10 Å². The topological polar surface area (TPSA) is 78.9 Å². The first-order valence-corrected chi connectivity index (χ1v) is 33.3. The molecule has 6 heteroatoms. The molecule has 0 amide bonds. The number of ether oxygens (including phenoxy) is 3. The minimum Gasteiger partial charge on any atom is -0.462 e. The van der Waals surface area contributed by atoms with Crippen LogP contribution in [0, 0.1) is 0 Å². The Bertz CT molecular complexity index is 1190. The highest BCUT2D eigenvalue weighted by atomic mass is 16.6. The second-order valence-corrected chi connectivity index (χ2v) is 22.7.